The van der Waals surface area contributed by atoms with E-state index in [2.05, 4.69) is 46.9 Å². The van der Waals surface area contributed by atoms with Gasteiger partial charge in [0.2, 0.25) is 0 Å². The summed E-state index contributed by atoms with van der Waals surface area (Å²) >= 11 is 1.72. The fraction of sp³-hybridized carbons (Fsp3) is 0.444. The summed E-state index contributed by atoms with van der Waals surface area (Å²) in [5, 5.41) is 10.1. The van der Waals surface area contributed by atoms with Crippen molar-refractivity contribution in [3.63, 3.8) is 0 Å². The molecule has 0 saturated carbocycles. The van der Waals surface area contributed by atoms with Gasteiger partial charge in [0.15, 0.2) is 0 Å². The topological polar surface area (TPSA) is 61.0 Å². The monoisotopic (exact) mass is 344 g/mol. The van der Waals surface area contributed by atoms with Gasteiger partial charge in [0, 0.05) is 42.3 Å². The number of carbonyl (C=O) groups excluding carboxylic acids is 1. The van der Waals surface area contributed by atoms with Crippen molar-refractivity contribution >= 4 is 17.8 Å². The van der Waals surface area contributed by atoms with E-state index in [1.165, 1.54) is 21.7 Å². The Morgan fingerprint density at radius 2 is 2.17 bits per heavy atom. The lowest BCUT2D eigenvalue weighted by atomic mass is 9.94. The van der Waals surface area contributed by atoms with E-state index in [4.69, 9.17) is 0 Å². The largest absolute Gasteiger partial charge is 0.334 e. The predicted octanol–water partition coefficient (Wildman–Crippen LogP) is 3.53. The normalized spacial score (nSPS) is 15.5. The van der Waals surface area contributed by atoms with Gasteiger partial charge in [0.25, 0.3) is 0 Å². The summed E-state index contributed by atoms with van der Waals surface area (Å²) < 4.78 is 0. The molecule has 1 aliphatic rings. The number of aryl methyl sites for hydroxylation is 1. The molecule has 0 atom stereocenters. The number of benzene rings is 1. The minimum absolute atomic E-state index is 0.0330. The fourth-order valence-electron chi connectivity index (χ4n) is 3.17. The van der Waals surface area contributed by atoms with Crippen LogP contribution in [0.5, 0.6) is 0 Å². The van der Waals surface area contributed by atoms with Crippen LogP contribution in [-0.2, 0) is 6.54 Å². The number of carbonyl (C=O) groups is 1. The van der Waals surface area contributed by atoms with Gasteiger partial charge in [-0.25, -0.2) is 4.79 Å². The molecule has 2 N–H and O–H groups in total. The van der Waals surface area contributed by atoms with Gasteiger partial charge >= 0.3 is 6.03 Å². The van der Waals surface area contributed by atoms with Crippen LogP contribution in [0.15, 0.2) is 35.4 Å². The molecule has 1 aliphatic heterocycles. The SMILES string of the molecule is CSc1cc(C)ccc1CNC(=O)N1CCC(c2ccn[nH]2)CC1. The number of nitrogens with zero attached hydrogens (tertiary/aromatic N) is 2. The Morgan fingerprint density at radius 1 is 1.38 bits per heavy atom. The van der Waals surface area contributed by atoms with E-state index in [1.54, 1.807) is 18.0 Å². The van der Waals surface area contributed by atoms with Crippen LogP contribution in [0.1, 0.15) is 35.6 Å². The third-order valence-electron chi connectivity index (χ3n) is 4.62. The van der Waals surface area contributed by atoms with Crippen LogP contribution in [0.25, 0.3) is 0 Å². The second-order valence-corrected chi connectivity index (χ2v) is 7.10. The van der Waals surface area contributed by atoms with E-state index in [0.717, 1.165) is 25.9 Å². The minimum atomic E-state index is 0.0330. The lowest BCUT2D eigenvalue weighted by Crippen LogP contribution is -2.43. The Hall–Kier alpha value is -1.95. The molecule has 0 aliphatic carbocycles. The zero-order chi connectivity index (χ0) is 16.9. The molecule has 1 aromatic heterocycles. The predicted molar refractivity (Wildman–Crippen MR) is 97.3 cm³/mol. The fourth-order valence-corrected chi connectivity index (χ4v) is 3.87. The number of aromatic amines is 1. The van der Waals surface area contributed by atoms with Crippen molar-refractivity contribution in [1.29, 1.82) is 0 Å². The van der Waals surface area contributed by atoms with Crippen molar-refractivity contribution in [2.24, 2.45) is 0 Å². The Balaban J connectivity index is 1.51. The number of piperidine rings is 1. The molecule has 1 aromatic carbocycles. The summed E-state index contributed by atoms with van der Waals surface area (Å²) in [6.45, 7) is 4.25. The van der Waals surface area contributed by atoms with Gasteiger partial charge in [-0.15, -0.1) is 11.8 Å². The third-order valence-corrected chi connectivity index (χ3v) is 5.44. The number of thioether (sulfide) groups is 1. The zero-order valence-corrected chi connectivity index (χ0v) is 15.0. The molecule has 1 saturated heterocycles. The minimum Gasteiger partial charge on any atom is -0.334 e. The van der Waals surface area contributed by atoms with E-state index in [1.807, 2.05) is 11.0 Å². The first kappa shape index (κ1) is 16.9. The lowest BCUT2D eigenvalue weighted by molar-refractivity contribution is 0.180. The zero-order valence-electron chi connectivity index (χ0n) is 14.2. The molecule has 0 bridgehead atoms. The summed E-state index contributed by atoms with van der Waals surface area (Å²) in [6.07, 6.45) is 5.83. The maximum Gasteiger partial charge on any atom is 0.317 e. The van der Waals surface area contributed by atoms with Crippen molar-refractivity contribution < 1.29 is 4.79 Å². The van der Waals surface area contributed by atoms with Gasteiger partial charge in [-0.2, -0.15) is 5.10 Å². The average Bonchev–Trinajstić information content (AvgIpc) is 3.15. The third kappa shape index (κ3) is 3.93. The first-order valence-electron chi connectivity index (χ1n) is 8.33. The van der Waals surface area contributed by atoms with Crippen LogP contribution in [0, 0.1) is 6.92 Å². The van der Waals surface area contributed by atoms with Crippen LogP contribution in [0.4, 0.5) is 4.79 Å². The van der Waals surface area contributed by atoms with E-state index in [9.17, 15) is 4.79 Å². The molecule has 5 nitrogen and oxygen atoms in total. The van der Waals surface area contributed by atoms with Gasteiger partial charge in [-0.1, -0.05) is 12.1 Å². The number of hydrogen-bond acceptors (Lipinski definition) is 3. The Morgan fingerprint density at radius 3 is 2.83 bits per heavy atom. The van der Waals surface area contributed by atoms with Crippen molar-refractivity contribution in [3.05, 3.63) is 47.3 Å². The highest BCUT2D eigenvalue weighted by Crippen LogP contribution is 2.26. The van der Waals surface area contributed by atoms with E-state index < -0.39 is 0 Å². The summed E-state index contributed by atoms with van der Waals surface area (Å²) in [5.74, 6) is 0.483. The van der Waals surface area contributed by atoms with Crippen LogP contribution in [0.2, 0.25) is 0 Å². The molecule has 6 heteroatoms. The highest BCUT2D eigenvalue weighted by Gasteiger charge is 2.24. The number of amides is 2. The van der Waals surface area contributed by atoms with E-state index in [-0.39, 0.29) is 6.03 Å². The van der Waals surface area contributed by atoms with Gasteiger partial charge in [-0.3, -0.25) is 5.10 Å². The molecule has 2 amide bonds. The van der Waals surface area contributed by atoms with Crippen molar-refractivity contribution in [3.8, 4) is 0 Å². The van der Waals surface area contributed by atoms with Crippen molar-refractivity contribution in [1.82, 2.24) is 20.4 Å². The summed E-state index contributed by atoms with van der Waals surface area (Å²) in [4.78, 5) is 15.6. The summed E-state index contributed by atoms with van der Waals surface area (Å²) in [7, 11) is 0. The van der Waals surface area contributed by atoms with Crippen molar-refractivity contribution in [2.75, 3.05) is 19.3 Å². The lowest BCUT2D eigenvalue weighted by Gasteiger charge is -2.31. The second-order valence-electron chi connectivity index (χ2n) is 6.25. The molecule has 0 spiro atoms. The van der Waals surface area contributed by atoms with Gasteiger partial charge in [0.1, 0.15) is 0 Å². The van der Waals surface area contributed by atoms with Crippen LogP contribution in [0.3, 0.4) is 0 Å². The average molecular weight is 344 g/mol. The summed E-state index contributed by atoms with van der Waals surface area (Å²) in [5.41, 5.74) is 3.60. The van der Waals surface area contributed by atoms with Gasteiger partial charge in [-0.05, 0) is 49.3 Å². The molecular weight excluding hydrogens is 320 g/mol. The van der Waals surface area contributed by atoms with Gasteiger partial charge in [0.05, 0.1) is 0 Å². The highest BCUT2D eigenvalue weighted by molar-refractivity contribution is 7.98. The maximum atomic E-state index is 12.4. The molecule has 0 radical (unpaired) electrons. The summed E-state index contributed by atoms with van der Waals surface area (Å²) in [6, 6.07) is 8.43. The Bertz CT molecular complexity index is 678. The number of H-pyrrole nitrogens is 1. The van der Waals surface area contributed by atoms with Crippen molar-refractivity contribution in [2.45, 2.75) is 37.1 Å². The molecule has 1 fully saturated rings. The van der Waals surface area contributed by atoms with Gasteiger partial charge < -0.3 is 10.2 Å². The maximum absolute atomic E-state index is 12.4. The van der Waals surface area contributed by atoms with Crippen LogP contribution in [-0.4, -0.2) is 40.5 Å². The number of rotatable bonds is 4. The molecule has 0 unspecified atom stereocenters. The van der Waals surface area contributed by atoms with E-state index >= 15 is 0 Å². The Labute approximate surface area is 147 Å². The molecular formula is C18H24N4OS. The number of aromatic nitrogens is 2. The first-order valence-corrected chi connectivity index (χ1v) is 9.55. The standard InChI is InChI=1S/C18H24N4OS/c1-13-3-4-15(17(11-13)24-2)12-19-18(23)22-9-6-14(7-10-22)16-5-8-20-21-16/h3-5,8,11,14H,6-7,9-10,12H2,1-2H3,(H,19,23)(H,20,21). The smallest absolute Gasteiger partial charge is 0.317 e. The molecule has 3 rings (SSSR count). The number of likely N-dealkylation sites (tertiary alicyclic amines) is 1. The second kappa shape index (κ2) is 7.75. The molecule has 128 valence electrons. The molecule has 2 aromatic rings. The van der Waals surface area contributed by atoms with Crippen LogP contribution < -0.4 is 5.32 Å². The van der Waals surface area contributed by atoms with Crippen LogP contribution >= 0.6 is 11.8 Å². The first-order chi connectivity index (χ1) is 11.7. The number of nitrogens with one attached hydrogen (secondary N) is 2. The number of hydrogen-bond donors (Lipinski definition) is 2. The quantitative estimate of drug-likeness (QED) is 0.834. The highest BCUT2D eigenvalue weighted by atomic mass is 32.2. The molecule has 2 heterocycles. The number of urea groups is 1. The molecule has 24 heavy (non-hydrogen) atoms. The van der Waals surface area contributed by atoms with E-state index in [0.29, 0.717) is 12.5 Å². The Kier molecular flexibility index (Phi) is 5.45.